The number of carboxylic acid groups (broad SMARTS) is 1. The van der Waals surface area contributed by atoms with E-state index in [1.165, 1.54) is 64.2 Å². The Morgan fingerprint density at radius 1 is 0.842 bits per heavy atom. The molecule has 0 aromatic heterocycles. The molecule has 0 aliphatic carbocycles. The number of hydrogen-bond donors (Lipinski definition) is 2. The van der Waals surface area contributed by atoms with Crippen LogP contribution in [0.2, 0.25) is 0 Å². The summed E-state index contributed by atoms with van der Waals surface area (Å²) in [6.07, 6.45) is 14.7. The summed E-state index contributed by atoms with van der Waals surface area (Å²) >= 11 is 0. The monoisotopic (exact) mass is 281 g/mol. The van der Waals surface area contributed by atoms with Gasteiger partial charge in [0, 0.05) is 0 Å². The van der Waals surface area contributed by atoms with Crippen LogP contribution in [0.4, 0.5) is 0 Å². The Bertz CT molecular complexity index is 189. The second kappa shape index (κ2) is 18.4. The molecular weight excluding hydrogens is 249 g/mol. The standard InChI is InChI=1S/C15H31NO2.Na.H/c1-2-3-4-5-6-7-8-9-10-11-12-13-16-14-15(17)18;;/h16H,2-14H2,1H3,(H,17,18);;. The fourth-order valence-electron chi connectivity index (χ4n) is 2.11. The van der Waals surface area contributed by atoms with Gasteiger partial charge in [0.2, 0.25) is 0 Å². The molecule has 0 radical (unpaired) electrons. The minimum absolute atomic E-state index is 0. The van der Waals surface area contributed by atoms with Gasteiger partial charge in [-0.3, -0.25) is 4.79 Å². The predicted molar refractivity (Wildman–Crippen MR) is 84.1 cm³/mol. The van der Waals surface area contributed by atoms with Crippen LogP contribution in [-0.4, -0.2) is 53.7 Å². The zero-order chi connectivity index (χ0) is 13.5. The molecule has 0 aromatic carbocycles. The quantitative estimate of drug-likeness (QED) is 0.379. The van der Waals surface area contributed by atoms with Crippen molar-refractivity contribution in [3.8, 4) is 0 Å². The molecule has 0 bridgehead atoms. The van der Waals surface area contributed by atoms with Crippen LogP contribution >= 0.6 is 0 Å². The molecule has 0 aromatic rings. The van der Waals surface area contributed by atoms with Gasteiger partial charge in [-0.25, -0.2) is 0 Å². The second-order valence-corrected chi connectivity index (χ2v) is 5.11. The predicted octanol–water partition coefficient (Wildman–Crippen LogP) is 3.32. The van der Waals surface area contributed by atoms with Gasteiger partial charge in [0.05, 0.1) is 6.54 Å². The first kappa shape index (κ1) is 21.7. The van der Waals surface area contributed by atoms with Gasteiger partial charge in [-0.1, -0.05) is 71.1 Å². The summed E-state index contributed by atoms with van der Waals surface area (Å²) in [6.45, 7) is 3.19. The molecule has 0 aliphatic heterocycles. The summed E-state index contributed by atoms with van der Waals surface area (Å²) in [4.78, 5) is 10.2. The van der Waals surface area contributed by atoms with Crippen LogP contribution < -0.4 is 5.32 Å². The molecule has 0 saturated heterocycles. The van der Waals surface area contributed by atoms with Gasteiger partial charge in [-0.15, -0.1) is 0 Å². The molecule has 0 heterocycles. The number of rotatable bonds is 14. The van der Waals surface area contributed by atoms with Crippen molar-refractivity contribution in [1.29, 1.82) is 0 Å². The first-order chi connectivity index (χ1) is 8.77. The third-order valence-corrected chi connectivity index (χ3v) is 3.23. The number of hydrogen-bond acceptors (Lipinski definition) is 2. The Balaban J connectivity index is 0. The van der Waals surface area contributed by atoms with E-state index in [1.807, 2.05) is 0 Å². The molecule has 19 heavy (non-hydrogen) atoms. The van der Waals surface area contributed by atoms with Crippen LogP contribution in [0.3, 0.4) is 0 Å². The van der Waals surface area contributed by atoms with Gasteiger partial charge in [0.25, 0.3) is 0 Å². The van der Waals surface area contributed by atoms with E-state index in [-0.39, 0.29) is 36.1 Å². The van der Waals surface area contributed by atoms with Crippen LogP contribution in [-0.2, 0) is 4.79 Å². The first-order valence-electron chi connectivity index (χ1n) is 7.70. The molecule has 0 atom stereocenters. The number of nitrogens with one attached hydrogen (secondary N) is 1. The normalized spacial score (nSPS) is 10.2. The Hall–Kier alpha value is 0.430. The fraction of sp³-hybridized carbons (Fsp3) is 0.933. The molecular formula is C15H32NNaO2. The zero-order valence-corrected chi connectivity index (χ0v) is 12.0. The average Bonchev–Trinajstić information content (AvgIpc) is 2.34. The van der Waals surface area contributed by atoms with Crippen molar-refractivity contribution in [3.05, 3.63) is 0 Å². The van der Waals surface area contributed by atoms with E-state index >= 15 is 0 Å². The van der Waals surface area contributed by atoms with E-state index in [0.717, 1.165) is 13.0 Å². The SMILES string of the molecule is CCCCCCCCCCCCCNCC(=O)O.[NaH]. The Morgan fingerprint density at radius 3 is 1.68 bits per heavy atom. The van der Waals surface area contributed by atoms with Crippen LogP contribution in [0.15, 0.2) is 0 Å². The van der Waals surface area contributed by atoms with E-state index in [1.54, 1.807) is 0 Å². The summed E-state index contributed by atoms with van der Waals surface area (Å²) < 4.78 is 0. The molecule has 3 nitrogen and oxygen atoms in total. The van der Waals surface area contributed by atoms with Gasteiger partial charge in [0.15, 0.2) is 0 Å². The van der Waals surface area contributed by atoms with Crippen molar-refractivity contribution >= 4 is 35.5 Å². The van der Waals surface area contributed by atoms with Crippen molar-refractivity contribution in [1.82, 2.24) is 5.32 Å². The first-order valence-corrected chi connectivity index (χ1v) is 7.70. The van der Waals surface area contributed by atoms with Crippen LogP contribution in [0.1, 0.15) is 77.6 Å². The zero-order valence-electron chi connectivity index (χ0n) is 12.0. The molecule has 0 rings (SSSR count). The third kappa shape index (κ3) is 20.9. The van der Waals surface area contributed by atoms with E-state index in [4.69, 9.17) is 5.11 Å². The minimum atomic E-state index is -0.766. The van der Waals surface area contributed by atoms with Gasteiger partial charge in [-0.05, 0) is 13.0 Å². The molecule has 0 unspecified atom stereocenters. The van der Waals surface area contributed by atoms with E-state index in [0.29, 0.717) is 0 Å². The van der Waals surface area contributed by atoms with Crippen molar-refractivity contribution in [3.63, 3.8) is 0 Å². The van der Waals surface area contributed by atoms with Crippen molar-refractivity contribution in [2.75, 3.05) is 13.1 Å². The van der Waals surface area contributed by atoms with Crippen LogP contribution in [0, 0.1) is 0 Å². The maximum absolute atomic E-state index is 10.2. The van der Waals surface area contributed by atoms with Crippen LogP contribution in [0.25, 0.3) is 0 Å². The molecule has 0 amide bonds. The van der Waals surface area contributed by atoms with Gasteiger partial charge in [0.1, 0.15) is 0 Å². The summed E-state index contributed by atoms with van der Waals surface area (Å²) in [5.41, 5.74) is 0. The maximum atomic E-state index is 10.2. The van der Waals surface area contributed by atoms with Crippen LogP contribution in [0.5, 0.6) is 0 Å². The second-order valence-electron chi connectivity index (χ2n) is 5.11. The molecule has 0 saturated carbocycles. The average molecular weight is 281 g/mol. The van der Waals surface area contributed by atoms with Gasteiger partial charge < -0.3 is 10.4 Å². The van der Waals surface area contributed by atoms with E-state index in [2.05, 4.69) is 12.2 Å². The summed E-state index contributed by atoms with van der Waals surface area (Å²) in [5, 5.41) is 11.3. The van der Waals surface area contributed by atoms with E-state index < -0.39 is 5.97 Å². The van der Waals surface area contributed by atoms with E-state index in [9.17, 15) is 4.79 Å². The fourth-order valence-corrected chi connectivity index (χ4v) is 2.11. The summed E-state index contributed by atoms with van der Waals surface area (Å²) in [7, 11) is 0. The van der Waals surface area contributed by atoms with Crippen molar-refractivity contribution in [2.45, 2.75) is 77.6 Å². The third-order valence-electron chi connectivity index (χ3n) is 3.23. The summed E-state index contributed by atoms with van der Waals surface area (Å²) in [6, 6.07) is 0. The molecule has 2 N–H and O–H groups in total. The molecule has 4 heteroatoms. The van der Waals surface area contributed by atoms with Gasteiger partial charge >= 0.3 is 35.5 Å². The Kier molecular flexibility index (Phi) is 21.1. The number of aliphatic carboxylic acids is 1. The number of carboxylic acids is 1. The number of carbonyl (C=O) groups is 1. The molecule has 0 fully saturated rings. The molecule has 0 spiro atoms. The van der Waals surface area contributed by atoms with Crippen molar-refractivity contribution < 1.29 is 9.90 Å². The van der Waals surface area contributed by atoms with Gasteiger partial charge in [-0.2, -0.15) is 0 Å². The summed E-state index contributed by atoms with van der Waals surface area (Å²) in [5.74, 6) is -0.766. The van der Waals surface area contributed by atoms with Crippen molar-refractivity contribution in [2.24, 2.45) is 0 Å². The topological polar surface area (TPSA) is 49.3 Å². The molecule has 110 valence electrons. The molecule has 0 aliphatic rings. The Labute approximate surface area is 141 Å². The number of unbranched alkanes of at least 4 members (excludes halogenated alkanes) is 10. The Morgan fingerprint density at radius 2 is 1.26 bits per heavy atom.